The van der Waals surface area contributed by atoms with Gasteiger partial charge in [0, 0.05) is 38.5 Å². The number of nitrogens with one attached hydrogen (secondary N) is 4. The van der Waals surface area contributed by atoms with Crippen LogP contribution in [-0.2, 0) is 35.6 Å². The summed E-state index contributed by atoms with van der Waals surface area (Å²) in [6.45, 7) is 3.21. The Balaban J connectivity index is 1.25. The minimum Gasteiger partial charge on any atom is -0.492 e. The summed E-state index contributed by atoms with van der Waals surface area (Å²) in [5.41, 5.74) is -0.300. The molecule has 0 radical (unpaired) electrons. The molecule has 7 rings (SSSR count). The molecule has 3 atom stereocenters. The third-order valence-corrected chi connectivity index (χ3v) is 11.0. The molecule has 0 aliphatic carbocycles. The maximum absolute atomic E-state index is 14.2. The van der Waals surface area contributed by atoms with Crippen molar-refractivity contribution in [3.05, 3.63) is 90.8 Å². The van der Waals surface area contributed by atoms with Gasteiger partial charge in [-0.3, -0.25) is 23.6 Å². The zero-order valence-corrected chi connectivity index (χ0v) is 29.6. The van der Waals surface area contributed by atoms with E-state index in [1.54, 1.807) is 48.7 Å². The summed E-state index contributed by atoms with van der Waals surface area (Å²) < 4.78 is 42.5. The highest BCUT2D eigenvalue weighted by molar-refractivity contribution is 7.89. The normalized spacial score (nSPS) is 22.4. The number of piperidine rings is 1. The average Bonchev–Trinajstić information content (AvgIpc) is 3.59. The lowest BCUT2D eigenvalue weighted by Crippen LogP contribution is -2.61. The van der Waals surface area contributed by atoms with Crippen LogP contribution in [0, 0.1) is 0 Å². The third-order valence-electron chi connectivity index (χ3n) is 9.15. The summed E-state index contributed by atoms with van der Waals surface area (Å²) in [6, 6.07) is 17.7. The van der Waals surface area contributed by atoms with Crippen LogP contribution in [0.2, 0.25) is 0 Å². The second kappa shape index (κ2) is 15.4. The van der Waals surface area contributed by atoms with Gasteiger partial charge < -0.3 is 30.7 Å². The van der Waals surface area contributed by atoms with Crippen molar-refractivity contribution in [2.75, 3.05) is 26.2 Å². The second-order valence-corrected chi connectivity index (χ2v) is 14.7. The summed E-state index contributed by atoms with van der Waals surface area (Å²) in [4.78, 5) is 58.1. The molecular formula is C36H41N7O8S. The largest absolute Gasteiger partial charge is 0.492 e. The van der Waals surface area contributed by atoms with E-state index in [1.165, 1.54) is 28.8 Å². The second-order valence-electron chi connectivity index (χ2n) is 12.8. The van der Waals surface area contributed by atoms with Crippen LogP contribution in [-0.4, -0.2) is 95.7 Å². The number of hydrogen-bond acceptors (Lipinski definition) is 9. The number of sulfonamides is 1. The van der Waals surface area contributed by atoms with Crippen LogP contribution in [0.5, 0.6) is 11.5 Å². The van der Waals surface area contributed by atoms with E-state index in [2.05, 4.69) is 26.3 Å². The van der Waals surface area contributed by atoms with Crippen molar-refractivity contribution in [3.63, 3.8) is 0 Å². The monoisotopic (exact) mass is 731 g/mol. The Morgan fingerprint density at radius 1 is 0.808 bits per heavy atom. The molecule has 16 heteroatoms. The van der Waals surface area contributed by atoms with Crippen molar-refractivity contribution in [2.24, 2.45) is 0 Å². The molecule has 2 aromatic heterocycles. The maximum Gasteiger partial charge on any atom is 0.264 e. The lowest BCUT2D eigenvalue weighted by atomic mass is 9.90. The third kappa shape index (κ3) is 8.02. The Labute approximate surface area is 301 Å². The maximum atomic E-state index is 14.2. The van der Waals surface area contributed by atoms with Crippen LogP contribution in [0.4, 0.5) is 0 Å². The molecule has 0 unspecified atom stereocenters. The summed E-state index contributed by atoms with van der Waals surface area (Å²) in [5, 5.41) is 10.9. The highest BCUT2D eigenvalue weighted by Crippen LogP contribution is 2.33. The van der Waals surface area contributed by atoms with E-state index < -0.39 is 57.4 Å². The van der Waals surface area contributed by atoms with E-state index in [0.717, 1.165) is 5.56 Å². The number of amides is 4. The topological polar surface area (TPSA) is 190 Å². The van der Waals surface area contributed by atoms with Crippen molar-refractivity contribution >= 4 is 39.3 Å². The smallest absolute Gasteiger partial charge is 0.264 e. The zero-order chi connectivity index (χ0) is 36.9. The Morgan fingerprint density at radius 3 is 2.21 bits per heavy atom. The van der Waals surface area contributed by atoms with Crippen molar-refractivity contribution in [1.82, 2.24) is 35.0 Å². The number of carbonyl (C=O) groups is 4. The van der Waals surface area contributed by atoms with E-state index in [1.807, 2.05) is 30.3 Å². The van der Waals surface area contributed by atoms with Crippen molar-refractivity contribution in [2.45, 2.75) is 61.9 Å². The fourth-order valence-corrected chi connectivity index (χ4v) is 7.67. The van der Waals surface area contributed by atoms with Gasteiger partial charge in [0.05, 0.1) is 12.7 Å². The molecule has 5 heterocycles. The Hall–Kier alpha value is -5.48. The Kier molecular flexibility index (Phi) is 10.8. The molecule has 2 aromatic carbocycles. The van der Waals surface area contributed by atoms with Gasteiger partial charge in [0.1, 0.15) is 41.9 Å². The highest BCUT2D eigenvalue weighted by atomic mass is 32.2. The first-order valence-corrected chi connectivity index (χ1v) is 18.5. The van der Waals surface area contributed by atoms with Crippen LogP contribution in [0.25, 0.3) is 5.65 Å². The van der Waals surface area contributed by atoms with Gasteiger partial charge in [0.25, 0.3) is 15.9 Å². The van der Waals surface area contributed by atoms with Crippen LogP contribution in [0.15, 0.2) is 90.2 Å². The van der Waals surface area contributed by atoms with Gasteiger partial charge in [-0.05, 0) is 55.8 Å². The highest BCUT2D eigenvalue weighted by Gasteiger charge is 2.47. The molecule has 15 nitrogen and oxygen atoms in total. The predicted molar refractivity (Wildman–Crippen MR) is 189 cm³/mol. The number of benzene rings is 2. The fraction of sp³-hybridized carbons (Fsp3) is 0.361. The predicted octanol–water partition coefficient (Wildman–Crippen LogP) is 1.18. The molecule has 1 spiro atoms. The van der Waals surface area contributed by atoms with Gasteiger partial charge in [0.15, 0.2) is 10.6 Å². The number of aromatic nitrogens is 2. The molecule has 1 fully saturated rings. The molecule has 4 N–H and O–H groups in total. The Bertz CT molecular complexity index is 2030. The van der Waals surface area contributed by atoms with Gasteiger partial charge >= 0.3 is 0 Å². The molecule has 4 amide bonds. The van der Waals surface area contributed by atoms with Crippen LogP contribution in [0.3, 0.4) is 0 Å². The quantitative estimate of drug-likeness (QED) is 0.224. The number of pyridine rings is 1. The van der Waals surface area contributed by atoms with E-state index >= 15 is 0 Å². The summed E-state index contributed by atoms with van der Waals surface area (Å²) >= 11 is 0. The summed E-state index contributed by atoms with van der Waals surface area (Å²) in [5.74, 6) is -1.45. The van der Waals surface area contributed by atoms with Crippen molar-refractivity contribution in [3.8, 4) is 11.5 Å². The van der Waals surface area contributed by atoms with Gasteiger partial charge in [-0.15, -0.1) is 0 Å². The number of ether oxygens (including phenoxy) is 2. The standard InChI is InChI=1S/C36H41N7O8S/c1-24-32(44)37-17-21-50-27-11-13-28(14-12-27)51-36(15-19-42(20-16-36)52(48,49)31-23-38-30-10-6-7-18-43(30)31)35(47)40-25(2)33(45)41-29(34(46)39-24)22-26-8-4-3-5-9-26/h3-14,18,23-25,29H,15-17,19-22H2,1-2H3,(H,37,44)(H,39,46)(H,40,47)(H,41,45)/t24-,25-,29-/m0/s1. The van der Waals surface area contributed by atoms with E-state index in [9.17, 15) is 27.6 Å². The number of fused-ring (bicyclic) bond motifs is 16. The zero-order valence-electron chi connectivity index (χ0n) is 28.8. The van der Waals surface area contributed by atoms with Crippen LogP contribution in [0.1, 0.15) is 32.3 Å². The first-order chi connectivity index (χ1) is 24.9. The van der Waals surface area contributed by atoms with E-state index in [4.69, 9.17) is 9.47 Å². The lowest BCUT2D eigenvalue weighted by Gasteiger charge is -2.40. The van der Waals surface area contributed by atoms with Gasteiger partial charge in [-0.1, -0.05) is 36.4 Å². The van der Waals surface area contributed by atoms with E-state index in [0.29, 0.717) is 17.1 Å². The van der Waals surface area contributed by atoms with Gasteiger partial charge in [0.2, 0.25) is 17.7 Å². The number of carbonyl (C=O) groups excluding carboxylic acids is 4. The molecule has 3 aliphatic heterocycles. The average molecular weight is 732 g/mol. The number of rotatable bonds is 4. The number of nitrogens with zero attached hydrogens (tertiary/aromatic N) is 3. The summed E-state index contributed by atoms with van der Waals surface area (Å²) in [6.07, 6.45) is 3.00. The molecule has 2 bridgehead atoms. The molecule has 4 aromatic rings. The molecule has 52 heavy (non-hydrogen) atoms. The fourth-order valence-electron chi connectivity index (χ4n) is 6.15. The summed E-state index contributed by atoms with van der Waals surface area (Å²) in [7, 11) is -4.00. The van der Waals surface area contributed by atoms with E-state index in [-0.39, 0.29) is 50.5 Å². The van der Waals surface area contributed by atoms with Crippen LogP contribution >= 0.6 is 0 Å². The molecule has 274 valence electrons. The van der Waals surface area contributed by atoms with Crippen LogP contribution < -0.4 is 30.7 Å². The lowest BCUT2D eigenvalue weighted by molar-refractivity contribution is -0.143. The Morgan fingerprint density at radius 2 is 1.48 bits per heavy atom. The minimum atomic E-state index is -4.00. The molecule has 3 aliphatic rings. The van der Waals surface area contributed by atoms with Crippen molar-refractivity contribution in [1.29, 1.82) is 0 Å². The minimum absolute atomic E-state index is 0.00423. The van der Waals surface area contributed by atoms with Gasteiger partial charge in [-0.2, -0.15) is 4.31 Å². The van der Waals surface area contributed by atoms with Gasteiger partial charge in [-0.25, -0.2) is 13.4 Å². The molecular weight excluding hydrogens is 691 g/mol. The number of imidazole rings is 1. The first kappa shape index (κ1) is 36.3. The van der Waals surface area contributed by atoms with Crippen molar-refractivity contribution < 1.29 is 37.1 Å². The molecule has 1 saturated heterocycles. The first-order valence-electron chi connectivity index (χ1n) is 17.0. The SMILES string of the molecule is C[C@@H]1NC(=O)[C@H](Cc2ccccc2)NC(=O)[C@H](C)NC(=O)C2(CCN(S(=O)(=O)c3cnc4ccccn34)CC2)Oc2ccc(cc2)OCCNC1=O. The molecule has 0 saturated carbocycles. The number of hydrogen-bond donors (Lipinski definition) is 4.